The van der Waals surface area contributed by atoms with Gasteiger partial charge in [0.05, 0.1) is 0 Å². The molecule has 0 atom stereocenters. The molecule has 0 bridgehead atoms. The Morgan fingerprint density at radius 3 is 2.13 bits per heavy atom. The molecular formula is C23H18. The quantitative estimate of drug-likeness (QED) is 0.393. The molecule has 0 heterocycles. The predicted molar refractivity (Wildman–Crippen MR) is 101 cm³/mol. The van der Waals surface area contributed by atoms with Gasteiger partial charge in [-0.05, 0) is 56.8 Å². The van der Waals surface area contributed by atoms with Crippen molar-refractivity contribution in [2.45, 2.75) is 6.42 Å². The van der Waals surface area contributed by atoms with Crippen LogP contribution in [-0.4, -0.2) is 0 Å². The number of benzene rings is 4. The summed E-state index contributed by atoms with van der Waals surface area (Å²) in [5.41, 5.74) is 3.87. The summed E-state index contributed by atoms with van der Waals surface area (Å²) in [4.78, 5) is 0. The van der Waals surface area contributed by atoms with Crippen LogP contribution in [0.1, 0.15) is 16.7 Å². The number of fused-ring (bicyclic) bond motifs is 2. The van der Waals surface area contributed by atoms with E-state index in [0.717, 1.165) is 12.0 Å². The van der Waals surface area contributed by atoms with Crippen molar-refractivity contribution in [2.24, 2.45) is 0 Å². The summed E-state index contributed by atoms with van der Waals surface area (Å²) < 4.78 is 0. The molecule has 0 unspecified atom stereocenters. The van der Waals surface area contributed by atoms with E-state index in [1.165, 1.54) is 32.7 Å². The molecule has 0 aliphatic rings. The zero-order valence-corrected chi connectivity index (χ0v) is 13.0. The molecule has 0 spiro atoms. The highest BCUT2D eigenvalue weighted by atomic mass is 14.1. The van der Waals surface area contributed by atoms with Crippen molar-refractivity contribution in [1.29, 1.82) is 0 Å². The highest BCUT2D eigenvalue weighted by Crippen LogP contribution is 2.27. The number of hydrogen-bond acceptors (Lipinski definition) is 0. The summed E-state index contributed by atoms with van der Waals surface area (Å²) in [6.07, 6.45) is 2.83. The van der Waals surface area contributed by atoms with Crippen molar-refractivity contribution in [3.8, 4) is 0 Å². The fourth-order valence-electron chi connectivity index (χ4n) is 3.18. The van der Waals surface area contributed by atoms with Crippen molar-refractivity contribution in [2.75, 3.05) is 0 Å². The molecular weight excluding hydrogens is 276 g/mol. The smallest absolute Gasteiger partial charge is 0.00196 e. The molecule has 4 aromatic carbocycles. The van der Waals surface area contributed by atoms with E-state index in [-0.39, 0.29) is 0 Å². The molecule has 0 heteroatoms. The summed E-state index contributed by atoms with van der Waals surface area (Å²) in [6.45, 7) is 3.81. The van der Waals surface area contributed by atoms with Gasteiger partial charge < -0.3 is 0 Å². The fraction of sp³-hybridized carbons (Fsp3) is 0.0435. The summed E-state index contributed by atoms with van der Waals surface area (Å²) in [6, 6.07) is 28.4. The van der Waals surface area contributed by atoms with Gasteiger partial charge in [0.1, 0.15) is 0 Å². The average molecular weight is 294 g/mol. The first-order chi connectivity index (χ1) is 11.3. The molecule has 0 fully saturated rings. The molecule has 0 saturated heterocycles. The molecule has 23 heavy (non-hydrogen) atoms. The van der Waals surface area contributed by atoms with E-state index in [1.807, 2.05) is 6.08 Å². The second-order valence-electron chi connectivity index (χ2n) is 5.96. The van der Waals surface area contributed by atoms with Gasteiger partial charge >= 0.3 is 0 Å². The SMILES string of the molecule is C=Cc1ccc(Cc2cccc3cc4ccccc4cc23)cc1. The van der Waals surface area contributed by atoms with E-state index >= 15 is 0 Å². The van der Waals surface area contributed by atoms with Crippen molar-refractivity contribution < 1.29 is 0 Å². The molecule has 0 aromatic heterocycles. The molecule has 0 amide bonds. The molecule has 0 radical (unpaired) electrons. The summed E-state index contributed by atoms with van der Waals surface area (Å²) in [5.74, 6) is 0. The van der Waals surface area contributed by atoms with Crippen LogP contribution in [0.2, 0.25) is 0 Å². The second-order valence-corrected chi connectivity index (χ2v) is 5.96. The van der Waals surface area contributed by atoms with E-state index in [0.29, 0.717) is 0 Å². The molecule has 0 N–H and O–H groups in total. The molecule has 0 aliphatic carbocycles. The Kier molecular flexibility index (Phi) is 3.44. The van der Waals surface area contributed by atoms with Crippen LogP contribution in [0.3, 0.4) is 0 Å². The van der Waals surface area contributed by atoms with Crippen LogP contribution in [0.4, 0.5) is 0 Å². The van der Waals surface area contributed by atoms with Gasteiger partial charge in [0.15, 0.2) is 0 Å². The molecule has 0 nitrogen and oxygen atoms in total. The Labute approximate surface area is 136 Å². The van der Waals surface area contributed by atoms with Crippen LogP contribution in [0.15, 0.2) is 85.4 Å². The van der Waals surface area contributed by atoms with Gasteiger partial charge in [-0.15, -0.1) is 0 Å². The summed E-state index contributed by atoms with van der Waals surface area (Å²) >= 11 is 0. The Bertz CT molecular complexity index is 991. The lowest BCUT2D eigenvalue weighted by Gasteiger charge is -2.09. The Morgan fingerprint density at radius 1 is 0.696 bits per heavy atom. The van der Waals surface area contributed by atoms with Crippen LogP contribution in [0, 0.1) is 0 Å². The lowest BCUT2D eigenvalue weighted by atomic mass is 9.95. The number of rotatable bonds is 3. The molecule has 4 rings (SSSR count). The van der Waals surface area contributed by atoms with E-state index in [1.54, 1.807) is 0 Å². The minimum absolute atomic E-state index is 0.951. The minimum atomic E-state index is 0.951. The van der Waals surface area contributed by atoms with E-state index in [9.17, 15) is 0 Å². The third kappa shape index (κ3) is 2.64. The third-order valence-corrected chi connectivity index (χ3v) is 4.45. The van der Waals surface area contributed by atoms with Crippen molar-refractivity contribution in [3.63, 3.8) is 0 Å². The first-order valence-electron chi connectivity index (χ1n) is 7.95. The second kappa shape index (κ2) is 5.73. The van der Waals surface area contributed by atoms with E-state index in [4.69, 9.17) is 0 Å². The zero-order valence-electron chi connectivity index (χ0n) is 13.0. The minimum Gasteiger partial charge on any atom is -0.0985 e. The maximum absolute atomic E-state index is 3.81. The number of hydrogen-bond donors (Lipinski definition) is 0. The van der Waals surface area contributed by atoms with Gasteiger partial charge in [-0.2, -0.15) is 0 Å². The van der Waals surface area contributed by atoms with Crippen molar-refractivity contribution >= 4 is 27.6 Å². The summed E-state index contributed by atoms with van der Waals surface area (Å²) in [5, 5.41) is 5.25. The van der Waals surface area contributed by atoms with Gasteiger partial charge in [-0.25, -0.2) is 0 Å². The largest absolute Gasteiger partial charge is 0.0985 e. The normalized spacial score (nSPS) is 11.0. The van der Waals surface area contributed by atoms with Crippen LogP contribution in [-0.2, 0) is 6.42 Å². The lowest BCUT2D eigenvalue weighted by molar-refractivity contribution is 1.21. The van der Waals surface area contributed by atoms with Crippen LogP contribution < -0.4 is 0 Å². The maximum Gasteiger partial charge on any atom is -0.00196 e. The Morgan fingerprint density at radius 2 is 1.39 bits per heavy atom. The summed E-state index contributed by atoms with van der Waals surface area (Å²) in [7, 11) is 0. The first-order valence-corrected chi connectivity index (χ1v) is 7.95. The topological polar surface area (TPSA) is 0 Å². The lowest BCUT2D eigenvalue weighted by Crippen LogP contribution is -1.90. The van der Waals surface area contributed by atoms with Gasteiger partial charge in [-0.1, -0.05) is 79.4 Å². The molecule has 0 aliphatic heterocycles. The van der Waals surface area contributed by atoms with Gasteiger partial charge in [0.2, 0.25) is 0 Å². The fourth-order valence-corrected chi connectivity index (χ4v) is 3.18. The van der Waals surface area contributed by atoms with Gasteiger partial charge in [-0.3, -0.25) is 0 Å². The van der Waals surface area contributed by atoms with Gasteiger partial charge in [0.25, 0.3) is 0 Å². The Hall–Kier alpha value is -2.86. The monoisotopic (exact) mass is 294 g/mol. The molecule has 4 aromatic rings. The van der Waals surface area contributed by atoms with Gasteiger partial charge in [0, 0.05) is 0 Å². The highest BCUT2D eigenvalue weighted by molar-refractivity contribution is 5.99. The van der Waals surface area contributed by atoms with E-state index < -0.39 is 0 Å². The zero-order chi connectivity index (χ0) is 15.6. The van der Waals surface area contributed by atoms with Crippen LogP contribution in [0.25, 0.3) is 27.6 Å². The van der Waals surface area contributed by atoms with Crippen molar-refractivity contribution in [3.05, 3.63) is 102 Å². The van der Waals surface area contributed by atoms with E-state index in [2.05, 4.69) is 85.4 Å². The standard InChI is InChI=1S/C23H18/c1-2-17-10-12-18(13-11-17)14-21-8-5-9-22-15-19-6-3-4-7-20(19)16-23(21)22/h2-13,15-16H,1,14H2. The molecule has 110 valence electrons. The average Bonchev–Trinajstić information content (AvgIpc) is 2.61. The first kappa shape index (κ1) is 13.8. The van der Waals surface area contributed by atoms with Crippen molar-refractivity contribution in [1.82, 2.24) is 0 Å². The maximum atomic E-state index is 3.81. The highest BCUT2D eigenvalue weighted by Gasteiger charge is 2.04. The Balaban J connectivity index is 1.82. The molecule has 0 saturated carbocycles. The van der Waals surface area contributed by atoms with Crippen LogP contribution in [0.5, 0.6) is 0 Å². The van der Waals surface area contributed by atoms with Crippen LogP contribution >= 0.6 is 0 Å². The third-order valence-electron chi connectivity index (χ3n) is 4.45. The predicted octanol–water partition coefficient (Wildman–Crippen LogP) is 6.23.